The lowest BCUT2D eigenvalue weighted by atomic mass is 10.3. The first-order valence-corrected chi connectivity index (χ1v) is 10.5. The Morgan fingerprint density at radius 2 is 1.93 bits per heavy atom. The number of thiazole rings is 1. The quantitative estimate of drug-likeness (QED) is 0.600. The highest BCUT2D eigenvalue weighted by atomic mass is 32.2. The third kappa shape index (κ3) is 4.37. The van der Waals surface area contributed by atoms with E-state index in [9.17, 15) is 12.8 Å². The highest BCUT2D eigenvalue weighted by molar-refractivity contribution is 7.90. The highest BCUT2D eigenvalue weighted by Gasteiger charge is 2.15. The van der Waals surface area contributed by atoms with Crippen LogP contribution in [0.5, 0.6) is 5.75 Å². The molecular formula is C18H19FN2O4S2. The number of rotatable bonds is 7. The van der Waals surface area contributed by atoms with Crippen LogP contribution in [-0.2, 0) is 21.3 Å². The van der Waals surface area contributed by atoms with Gasteiger partial charge in [0.25, 0.3) is 10.0 Å². The molecule has 1 aromatic heterocycles. The van der Waals surface area contributed by atoms with Gasteiger partial charge < -0.3 is 14.0 Å². The summed E-state index contributed by atoms with van der Waals surface area (Å²) in [6.07, 6.45) is 0. The molecule has 0 N–H and O–H groups in total. The third-order valence-electron chi connectivity index (χ3n) is 3.79. The molecule has 3 aromatic rings. The van der Waals surface area contributed by atoms with Crippen LogP contribution in [-0.4, -0.2) is 33.3 Å². The maximum atomic E-state index is 13.1. The number of fused-ring (bicyclic) bond motifs is 1. The number of methoxy groups -OCH3 is 1. The fourth-order valence-corrected chi connectivity index (χ4v) is 4.83. The molecule has 0 unspecified atom stereocenters. The molecule has 0 amide bonds. The summed E-state index contributed by atoms with van der Waals surface area (Å²) in [5.41, 5.74) is 0.841. The van der Waals surface area contributed by atoms with Crippen molar-refractivity contribution in [3.63, 3.8) is 0 Å². The molecule has 144 valence electrons. The van der Waals surface area contributed by atoms with Crippen LogP contribution in [0.3, 0.4) is 0 Å². The molecule has 0 aliphatic carbocycles. The lowest BCUT2D eigenvalue weighted by Gasteiger charge is -2.06. The molecule has 0 saturated heterocycles. The smallest absolute Gasteiger partial charge is 0.285 e. The molecule has 27 heavy (non-hydrogen) atoms. The van der Waals surface area contributed by atoms with E-state index in [0.29, 0.717) is 30.3 Å². The SMILES string of the molecule is CCOc1ccc2c(c1)s/c(=N\S(=O)(=O)c1ccc(F)cc1)n2CCOC. The minimum Gasteiger partial charge on any atom is -0.494 e. The van der Waals surface area contributed by atoms with E-state index < -0.39 is 15.8 Å². The Kier molecular flexibility index (Phi) is 5.93. The van der Waals surface area contributed by atoms with Gasteiger partial charge in [0.05, 0.1) is 28.3 Å². The molecule has 0 aliphatic rings. The summed E-state index contributed by atoms with van der Waals surface area (Å²) in [6.45, 7) is 3.29. The molecule has 0 aliphatic heterocycles. The summed E-state index contributed by atoms with van der Waals surface area (Å²) in [5, 5.41) is 0. The van der Waals surface area contributed by atoms with Gasteiger partial charge in [-0.05, 0) is 49.4 Å². The zero-order valence-corrected chi connectivity index (χ0v) is 16.5. The fraction of sp³-hybridized carbons (Fsp3) is 0.278. The maximum absolute atomic E-state index is 13.1. The predicted octanol–water partition coefficient (Wildman–Crippen LogP) is 3.18. The molecule has 1 heterocycles. The Morgan fingerprint density at radius 3 is 2.59 bits per heavy atom. The molecule has 0 fully saturated rings. The van der Waals surface area contributed by atoms with Crippen molar-refractivity contribution in [1.82, 2.24) is 4.57 Å². The highest BCUT2D eigenvalue weighted by Crippen LogP contribution is 2.24. The largest absolute Gasteiger partial charge is 0.494 e. The monoisotopic (exact) mass is 410 g/mol. The minimum atomic E-state index is -3.97. The minimum absolute atomic E-state index is 0.0605. The van der Waals surface area contributed by atoms with E-state index in [4.69, 9.17) is 9.47 Å². The fourth-order valence-electron chi connectivity index (χ4n) is 2.54. The molecule has 0 radical (unpaired) electrons. The summed E-state index contributed by atoms with van der Waals surface area (Å²) >= 11 is 1.25. The second-order valence-electron chi connectivity index (χ2n) is 5.61. The number of ether oxygens (including phenoxy) is 2. The van der Waals surface area contributed by atoms with Gasteiger partial charge in [0.15, 0.2) is 0 Å². The van der Waals surface area contributed by atoms with E-state index in [2.05, 4.69) is 4.40 Å². The van der Waals surface area contributed by atoms with Crippen molar-refractivity contribution >= 4 is 31.6 Å². The average Bonchev–Trinajstić information content (AvgIpc) is 2.96. The Morgan fingerprint density at radius 1 is 1.19 bits per heavy atom. The number of halogens is 1. The van der Waals surface area contributed by atoms with Crippen molar-refractivity contribution in [2.45, 2.75) is 18.4 Å². The normalized spacial score (nSPS) is 12.6. The summed E-state index contributed by atoms with van der Waals surface area (Å²) in [6, 6.07) is 10.2. The Hall–Kier alpha value is -2.23. The van der Waals surface area contributed by atoms with Crippen LogP contribution in [0.15, 0.2) is 51.8 Å². The zero-order valence-electron chi connectivity index (χ0n) is 14.9. The molecule has 9 heteroatoms. The van der Waals surface area contributed by atoms with Crippen molar-refractivity contribution in [1.29, 1.82) is 0 Å². The van der Waals surface area contributed by atoms with Crippen molar-refractivity contribution in [3.05, 3.63) is 53.1 Å². The van der Waals surface area contributed by atoms with E-state index in [-0.39, 0.29) is 4.90 Å². The van der Waals surface area contributed by atoms with E-state index in [0.717, 1.165) is 22.3 Å². The molecular weight excluding hydrogens is 391 g/mol. The summed E-state index contributed by atoms with van der Waals surface area (Å²) in [7, 11) is -2.39. The number of hydrogen-bond donors (Lipinski definition) is 0. The first-order chi connectivity index (χ1) is 12.9. The van der Waals surface area contributed by atoms with Crippen LogP contribution in [0, 0.1) is 5.82 Å². The zero-order chi connectivity index (χ0) is 19.4. The van der Waals surface area contributed by atoms with Crippen molar-refractivity contribution in [2.75, 3.05) is 20.3 Å². The van der Waals surface area contributed by atoms with E-state index in [1.807, 2.05) is 25.1 Å². The lowest BCUT2D eigenvalue weighted by molar-refractivity contribution is 0.187. The summed E-state index contributed by atoms with van der Waals surface area (Å²) in [5.74, 6) is 0.201. The summed E-state index contributed by atoms with van der Waals surface area (Å²) in [4.78, 5) is 0.259. The molecule has 2 aromatic carbocycles. The summed E-state index contributed by atoms with van der Waals surface area (Å²) < 4.78 is 55.6. The molecule has 0 bridgehead atoms. The van der Waals surface area contributed by atoms with Crippen molar-refractivity contribution in [2.24, 2.45) is 4.40 Å². The van der Waals surface area contributed by atoms with Gasteiger partial charge in [-0.1, -0.05) is 11.3 Å². The van der Waals surface area contributed by atoms with Crippen molar-refractivity contribution < 1.29 is 22.3 Å². The maximum Gasteiger partial charge on any atom is 0.285 e. The van der Waals surface area contributed by atoms with Crippen LogP contribution >= 0.6 is 11.3 Å². The van der Waals surface area contributed by atoms with Gasteiger partial charge in [0, 0.05) is 13.7 Å². The van der Waals surface area contributed by atoms with Crippen LogP contribution in [0.4, 0.5) is 4.39 Å². The van der Waals surface area contributed by atoms with Gasteiger partial charge >= 0.3 is 0 Å². The molecule has 0 saturated carbocycles. The number of aromatic nitrogens is 1. The van der Waals surface area contributed by atoms with Crippen LogP contribution in [0.1, 0.15) is 6.92 Å². The number of hydrogen-bond acceptors (Lipinski definition) is 5. The number of nitrogens with zero attached hydrogens (tertiary/aromatic N) is 2. The second kappa shape index (κ2) is 8.20. The van der Waals surface area contributed by atoms with E-state index >= 15 is 0 Å². The average molecular weight is 410 g/mol. The van der Waals surface area contributed by atoms with Gasteiger partial charge in [0.1, 0.15) is 11.6 Å². The predicted molar refractivity (Wildman–Crippen MR) is 102 cm³/mol. The lowest BCUT2D eigenvalue weighted by Crippen LogP contribution is -2.19. The third-order valence-corrected chi connectivity index (χ3v) is 6.23. The van der Waals surface area contributed by atoms with Crippen LogP contribution in [0.25, 0.3) is 10.2 Å². The van der Waals surface area contributed by atoms with Gasteiger partial charge in [0.2, 0.25) is 4.80 Å². The standard InChI is InChI=1S/C18H19FN2O4S2/c1-3-25-14-6-9-16-17(12-14)26-18(21(16)10-11-24-2)20-27(22,23)15-7-4-13(19)5-8-15/h4-9,12H,3,10-11H2,1-2H3/b20-18-. The first-order valence-electron chi connectivity index (χ1n) is 8.26. The van der Waals surface area contributed by atoms with Gasteiger partial charge in [-0.3, -0.25) is 0 Å². The van der Waals surface area contributed by atoms with E-state index in [1.165, 1.54) is 23.5 Å². The second-order valence-corrected chi connectivity index (χ2v) is 8.23. The van der Waals surface area contributed by atoms with Crippen molar-refractivity contribution in [3.8, 4) is 5.75 Å². The number of benzene rings is 2. The first kappa shape index (κ1) is 19.5. The van der Waals surface area contributed by atoms with Crippen LogP contribution < -0.4 is 9.54 Å². The van der Waals surface area contributed by atoms with Crippen LogP contribution in [0.2, 0.25) is 0 Å². The molecule has 6 nitrogen and oxygen atoms in total. The van der Waals surface area contributed by atoms with E-state index in [1.54, 1.807) is 11.7 Å². The molecule has 3 rings (SSSR count). The number of sulfonamides is 1. The topological polar surface area (TPSA) is 69.9 Å². The molecule has 0 spiro atoms. The van der Waals surface area contributed by atoms with Gasteiger partial charge in [-0.2, -0.15) is 8.42 Å². The Labute approximate surface area is 160 Å². The Bertz CT molecular complexity index is 1100. The van der Waals surface area contributed by atoms with Gasteiger partial charge in [-0.25, -0.2) is 4.39 Å². The Balaban J connectivity index is 2.15. The van der Waals surface area contributed by atoms with Gasteiger partial charge in [-0.15, -0.1) is 4.40 Å². The molecule has 0 atom stereocenters.